The van der Waals surface area contributed by atoms with E-state index in [1.807, 2.05) is 13.8 Å². The van der Waals surface area contributed by atoms with Crippen LogP contribution in [0.5, 0.6) is 0 Å². The average Bonchev–Trinajstić information content (AvgIpc) is 2.45. The lowest BCUT2D eigenvalue weighted by atomic mass is 10.4. The molecule has 0 aromatic carbocycles. The third-order valence-corrected chi connectivity index (χ3v) is 2.69. The van der Waals surface area contributed by atoms with Gasteiger partial charge in [0.2, 0.25) is 0 Å². The Morgan fingerprint density at radius 2 is 2.07 bits per heavy atom. The molecule has 15 heavy (non-hydrogen) atoms. The minimum atomic E-state index is -0.533. The first-order valence-electron chi connectivity index (χ1n) is 4.46. The molecule has 0 saturated heterocycles. The number of rotatable bonds is 2. The second kappa shape index (κ2) is 3.50. The Morgan fingerprint density at radius 1 is 1.33 bits per heavy atom. The lowest BCUT2D eigenvalue weighted by molar-refractivity contribution is 0.897. The fourth-order valence-electron chi connectivity index (χ4n) is 1.17. The van der Waals surface area contributed by atoms with Crippen LogP contribution >= 0.6 is 11.3 Å². The first kappa shape index (κ1) is 9.91. The number of H-pyrrole nitrogens is 2. The third-order valence-electron chi connectivity index (χ3n) is 1.70. The van der Waals surface area contributed by atoms with Crippen LogP contribution in [-0.4, -0.2) is 21.0 Å². The zero-order chi connectivity index (χ0) is 11.0. The van der Waals surface area contributed by atoms with E-state index in [4.69, 9.17) is 0 Å². The first-order chi connectivity index (χ1) is 7.06. The Labute approximate surface area is 88.4 Å². The van der Waals surface area contributed by atoms with Crippen molar-refractivity contribution in [1.29, 1.82) is 0 Å². The number of aromatic amines is 2. The van der Waals surface area contributed by atoms with Crippen molar-refractivity contribution < 1.29 is 0 Å². The highest BCUT2D eigenvalue weighted by molar-refractivity contribution is 7.22. The average molecular weight is 226 g/mol. The van der Waals surface area contributed by atoms with Gasteiger partial charge >= 0.3 is 5.69 Å². The molecular formula is C8H10N4O2S. The number of nitrogens with zero attached hydrogens (tertiary/aromatic N) is 1. The van der Waals surface area contributed by atoms with Crippen molar-refractivity contribution in [3.63, 3.8) is 0 Å². The summed E-state index contributed by atoms with van der Waals surface area (Å²) in [7, 11) is 0. The number of nitrogens with one attached hydrogen (secondary N) is 3. The van der Waals surface area contributed by atoms with Crippen LogP contribution in [0.3, 0.4) is 0 Å². The van der Waals surface area contributed by atoms with Crippen LogP contribution in [0, 0.1) is 0 Å². The van der Waals surface area contributed by atoms with Gasteiger partial charge in [0.15, 0.2) is 10.8 Å². The van der Waals surface area contributed by atoms with Crippen molar-refractivity contribution in [3.8, 4) is 0 Å². The van der Waals surface area contributed by atoms with Gasteiger partial charge in [-0.2, -0.15) is 0 Å². The number of aromatic nitrogens is 3. The molecule has 0 amide bonds. The third kappa shape index (κ3) is 1.91. The van der Waals surface area contributed by atoms with Crippen LogP contribution in [0.2, 0.25) is 0 Å². The summed E-state index contributed by atoms with van der Waals surface area (Å²) < 4.78 is 0.428. The van der Waals surface area contributed by atoms with Gasteiger partial charge in [0.05, 0.1) is 0 Å². The summed E-state index contributed by atoms with van der Waals surface area (Å²) in [4.78, 5) is 31.1. The van der Waals surface area contributed by atoms with Crippen LogP contribution in [0.15, 0.2) is 9.59 Å². The van der Waals surface area contributed by atoms with E-state index >= 15 is 0 Å². The molecule has 0 bridgehead atoms. The van der Waals surface area contributed by atoms with Crippen molar-refractivity contribution in [2.75, 3.05) is 5.32 Å². The fourth-order valence-corrected chi connectivity index (χ4v) is 2.13. The molecule has 2 rings (SSSR count). The normalized spacial score (nSPS) is 11.1. The van der Waals surface area contributed by atoms with E-state index < -0.39 is 11.2 Å². The lowest BCUT2D eigenvalue weighted by Crippen LogP contribution is -2.20. The van der Waals surface area contributed by atoms with E-state index in [-0.39, 0.29) is 6.04 Å². The minimum absolute atomic E-state index is 0.233. The largest absolute Gasteiger partial charge is 0.359 e. The summed E-state index contributed by atoms with van der Waals surface area (Å²) in [6.07, 6.45) is 0. The standard InChI is InChI=1S/C8H10N4O2S/c1-3(2)9-8-11-5-4(15-8)6(13)12-7(14)10-5/h3H,1-2H3,(H3,9,10,11,12,13,14). The summed E-state index contributed by atoms with van der Waals surface area (Å²) in [5.41, 5.74) is -0.603. The maximum absolute atomic E-state index is 11.4. The predicted octanol–water partition coefficient (Wildman–Crippen LogP) is 0.493. The first-order valence-corrected chi connectivity index (χ1v) is 5.27. The van der Waals surface area contributed by atoms with Crippen LogP contribution in [-0.2, 0) is 0 Å². The Morgan fingerprint density at radius 3 is 2.73 bits per heavy atom. The molecule has 80 valence electrons. The fraction of sp³-hybridized carbons (Fsp3) is 0.375. The van der Waals surface area contributed by atoms with Gasteiger partial charge in [0, 0.05) is 6.04 Å². The van der Waals surface area contributed by atoms with Crippen LogP contribution in [0.1, 0.15) is 13.8 Å². The quantitative estimate of drug-likeness (QED) is 0.695. The Balaban J connectivity index is 2.60. The van der Waals surface area contributed by atoms with Gasteiger partial charge in [0.1, 0.15) is 4.70 Å². The Kier molecular flexibility index (Phi) is 2.31. The monoisotopic (exact) mass is 226 g/mol. The van der Waals surface area contributed by atoms with Crippen molar-refractivity contribution in [2.45, 2.75) is 19.9 Å². The highest BCUT2D eigenvalue weighted by atomic mass is 32.1. The second-order valence-electron chi connectivity index (χ2n) is 3.40. The van der Waals surface area contributed by atoms with E-state index in [2.05, 4.69) is 20.3 Å². The van der Waals surface area contributed by atoms with Gasteiger partial charge in [-0.25, -0.2) is 9.78 Å². The van der Waals surface area contributed by atoms with Gasteiger partial charge in [-0.1, -0.05) is 11.3 Å². The molecule has 6 nitrogen and oxygen atoms in total. The van der Waals surface area contributed by atoms with Gasteiger partial charge < -0.3 is 5.32 Å². The molecule has 0 atom stereocenters. The number of anilines is 1. The van der Waals surface area contributed by atoms with Gasteiger partial charge in [-0.3, -0.25) is 14.8 Å². The topological polar surface area (TPSA) is 90.6 Å². The van der Waals surface area contributed by atoms with Crippen molar-refractivity contribution in [3.05, 3.63) is 20.8 Å². The molecule has 0 unspecified atom stereocenters. The summed E-state index contributed by atoms with van der Waals surface area (Å²) in [6.45, 7) is 3.94. The van der Waals surface area contributed by atoms with Crippen LogP contribution < -0.4 is 16.6 Å². The molecule has 2 aromatic heterocycles. The molecule has 3 N–H and O–H groups in total. The number of thiazole rings is 1. The minimum Gasteiger partial charge on any atom is -0.359 e. The summed E-state index contributed by atoms with van der Waals surface area (Å²) in [6, 6.07) is 0.233. The zero-order valence-electron chi connectivity index (χ0n) is 8.25. The van der Waals surface area contributed by atoms with E-state index in [0.29, 0.717) is 15.5 Å². The van der Waals surface area contributed by atoms with Crippen LogP contribution in [0.25, 0.3) is 10.3 Å². The van der Waals surface area contributed by atoms with Gasteiger partial charge in [-0.05, 0) is 13.8 Å². The molecule has 0 aliphatic rings. The van der Waals surface area contributed by atoms with Gasteiger partial charge in [-0.15, -0.1) is 0 Å². The molecule has 0 radical (unpaired) electrons. The lowest BCUT2D eigenvalue weighted by Gasteiger charge is -2.03. The summed E-state index contributed by atoms with van der Waals surface area (Å²) in [5.74, 6) is 0. The maximum Gasteiger partial charge on any atom is 0.327 e. The second-order valence-corrected chi connectivity index (χ2v) is 4.40. The van der Waals surface area contributed by atoms with E-state index in [0.717, 1.165) is 0 Å². The van der Waals surface area contributed by atoms with E-state index in [9.17, 15) is 9.59 Å². The molecule has 0 spiro atoms. The summed E-state index contributed by atoms with van der Waals surface area (Å²) in [5, 5.41) is 3.71. The van der Waals surface area contributed by atoms with E-state index in [1.165, 1.54) is 11.3 Å². The highest BCUT2D eigenvalue weighted by Gasteiger charge is 2.08. The van der Waals surface area contributed by atoms with Crippen molar-refractivity contribution >= 4 is 26.8 Å². The molecule has 0 fully saturated rings. The van der Waals surface area contributed by atoms with Gasteiger partial charge in [0.25, 0.3) is 5.56 Å². The van der Waals surface area contributed by atoms with Crippen molar-refractivity contribution in [1.82, 2.24) is 15.0 Å². The van der Waals surface area contributed by atoms with Crippen molar-refractivity contribution in [2.24, 2.45) is 0 Å². The molecule has 2 heterocycles. The SMILES string of the molecule is CC(C)Nc1nc2[nH]c(=O)[nH]c(=O)c2s1. The molecule has 0 aliphatic heterocycles. The highest BCUT2D eigenvalue weighted by Crippen LogP contribution is 2.20. The smallest absolute Gasteiger partial charge is 0.327 e. The zero-order valence-corrected chi connectivity index (χ0v) is 9.07. The molecular weight excluding hydrogens is 216 g/mol. The molecule has 7 heteroatoms. The number of hydrogen-bond donors (Lipinski definition) is 3. The number of fused-ring (bicyclic) bond motifs is 1. The summed E-state index contributed by atoms with van der Waals surface area (Å²) >= 11 is 1.22. The van der Waals surface area contributed by atoms with Crippen LogP contribution in [0.4, 0.5) is 5.13 Å². The molecule has 2 aromatic rings. The molecule has 0 saturated carbocycles. The van der Waals surface area contributed by atoms with E-state index in [1.54, 1.807) is 0 Å². The maximum atomic E-state index is 11.4. The Hall–Kier alpha value is -1.63. The number of hydrogen-bond acceptors (Lipinski definition) is 5. The Bertz CT molecular complexity index is 594. The molecule has 0 aliphatic carbocycles. The predicted molar refractivity (Wildman–Crippen MR) is 59.6 cm³/mol.